The van der Waals surface area contributed by atoms with Crippen LogP contribution < -0.4 is 10.6 Å². The van der Waals surface area contributed by atoms with Crippen LogP contribution in [0.2, 0.25) is 0 Å². The Morgan fingerprint density at radius 3 is 2.60 bits per heavy atom. The van der Waals surface area contributed by atoms with Crippen LogP contribution in [0.1, 0.15) is 17.3 Å². The molecule has 3 N–H and O–H groups in total. The second-order valence-corrected chi connectivity index (χ2v) is 4.09. The quantitative estimate of drug-likeness (QED) is 0.794. The monoisotopic (exact) mass is 271 g/mol. The van der Waals surface area contributed by atoms with E-state index < -0.39 is 5.97 Å². The molecule has 0 spiro atoms. The Morgan fingerprint density at radius 1 is 1.15 bits per heavy atom. The molecule has 0 fully saturated rings. The van der Waals surface area contributed by atoms with E-state index in [1.54, 1.807) is 30.3 Å². The summed E-state index contributed by atoms with van der Waals surface area (Å²) in [6.07, 6.45) is 1.51. The molecule has 0 saturated carbocycles. The number of benzene rings is 1. The van der Waals surface area contributed by atoms with Gasteiger partial charge in [0.2, 0.25) is 5.91 Å². The van der Waals surface area contributed by atoms with Crippen molar-refractivity contribution in [3.05, 3.63) is 48.2 Å². The minimum atomic E-state index is -1.06. The smallest absolute Gasteiger partial charge is 0.339 e. The summed E-state index contributed by atoms with van der Waals surface area (Å²) in [5.74, 6) is -0.982. The molecular weight excluding hydrogens is 258 g/mol. The van der Waals surface area contributed by atoms with Crippen molar-refractivity contribution < 1.29 is 14.7 Å². The summed E-state index contributed by atoms with van der Waals surface area (Å²) in [6, 6.07) is 9.96. The topological polar surface area (TPSA) is 91.3 Å². The lowest BCUT2D eigenvalue weighted by molar-refractivity contribution is -0.114. The van der Waals surface area contributed by atoms with Crippen molar-refractivity contribution in [3.8, 4) is 0 Å². The van der Waals surface area contributed by atoms with Crippen LogP contribution in [0.5, 0.6) is 0 Å². The highest BCUT2D eigenvalue weighted by molar-refractivity contribution is 5.94. The number of carboxylic acids is 1. The molecule has 0 aliphatic carbocycles. The Hall–Kier alpha value is -2.89. The van der Waals surface area contributed by atoms with Crippen molar-refractivity contribution in [2.45, 2.75) is 6.92 Å². The fourth-order valence-corrected chi connectivity index (χ4v) is 1.69. The average Bonchev–Trinajstić information content (AvgIpc) is 2.38. The number of rotatable bonds is 4. The molecule has 0 bridgehead atoms. The molecule has 2 rings (SSSR count). The third-order valence-corrected chi connectivity index (χ3v) is 2.48. The molecule has 20 heavy (non-hydrogen) atoms. The minimum Gasteiger partial charge on any atom is -0.478 e. The van der Waals surface area contributed by atoms with Gasteiger partial charge in [0.15, 0.2) is 0 Å². The predicted molar refractivity (Wildman–Crippen MR) is 75.2 cm³/mol. The van der Waals surface area contributed by atoms with Gasteiger partial charge in [0.05, 0.1) is 0 Å². The van der Waals surface area contributed by atoms with Gasteiger partial charge in [-0.2, -0.15) is 0 Å². The fourth-order valence-electron chi connectivity index (χ4n) is 1.69. The summed E-state index contributed by atoms with van der Waals surface area (Å²) in [5.41, 5.74) is 1.34. The number of pyridine rings is 1. The summed E-state index contributed by atoms with van der Waals surface area (Å²) < 4.78 is 0. The molecule has 0 saturated heterocycles. The zero-order valence-electron chi connectivity index (χ0n) is 10.8. The van der Waals surface area contributed by atoms with Gasteiger partial charge in [0, 0.05) is 24.5 Å². The van der Waals surface area contributed by atoms with Crippen LogP contribution in [0, 0.1) is 0 Å². The number of nitrogens with one attached hydrogen (secondary N) is 2. The number of hydrogen-bond acceptors (Lipinski definition) is 4. The van der Waals surface area contributed by atoms with Gasteiger partial charge in [-0.1, -0.05) is 6.07 Å². The SMILES string of the molecule is CC(=O)Nc1cccc(Nc2ncccc2C(=O)O)c1. The first kappa shape index (κ1) is 13.5. The molecule has 1 amide bonds. The molecular formula is C14H13N3O3. The summed E-state index contributed by atoms with van der Waals surface area (Å²) in [4.78, 5) is 26.1. The van der Waals surface area contributed by atoms with Gasteiger partial charge in [0.25, 0.3) is 0 Å². The molecule has 6 nitrogen and oxygen atoms in total. The van der Waals surface area contributed by atoms with Crippen molar-refractivity contribution in [1.82, 2.24) is 4.98 Å². The van der Waals surface area contributed by atoms with Crippen molar-refractivity contribution in [2.75, 3.05) is 10.6 Å². The predicted octanol–water partition coefficient (Wildman–Crippen LogP) is 2.48. The van der Waals surface area contributed by atoms with Gasteiger partial charge in [-0.25, -0.2) is 9.78 Å². The first-order valence-corrected chi connectivity index (χ1v) is 5.89. The lowest BCUT2D eigenvalue weighted by atomic mass is 10.2. The maximum Gasteiger partial charge on any atom is 0.339 e. The number of aromatic nitrogens is 1. The summed E-state index contributed by atoms with van der Waals surface area (Å²) in [6.45, 7) is 1.42. The van der Waals surface area contributed by atoms with Gasteiger partial charge in [0.1, 0.15) is 11.4 Å². The second kappa shape index (κ2) is 5.83. The van der Waals surface area contributed by atoms with Crippen LogP contribution in [0.15, 0.2) is 42.6 Å². The number of amides is 1. The number of nitrogens with zero attached hydrogens (tertiary/aromatic N) is 1. The van der Waals surface area contributed by atoms with Gasteiger partial charge < -0.3 is 15.7 Å². The molecule has 0 unspecified atom stereocenters. The van der Waals surface area contributed by atoms with Gasteiger partial charge in [-0.3, -0.25) is 4.79 Å². The number of carbonyl (C=O) groups is 2. The molecule has 0 aliphatic rings. The lowest BCUT2D eigenvalue weighted by Gasteiger charge is -2.09. The number of hydrogen-bond donors (Lipinski definition) is 3. The molecule has 2 aromatic rings. The van der Waals surface area contributed by atoms with Crippen molar-refractivity contribution >= 4 is 29.1 Å². The van der Waals surface area contributed by atoms with E-state index in [-0.39, 0.29) is 17.3 Å². The maximum atomic E-state index is 11.1. The van der Waals surface area contributed by atoms with Crippen LogP contribution in [0.4, 0.5) is 17.2 Å². The zero-order valence-corrected chi connectivity index (χ0v) is 10.8. The normalized spacial score (nSPS) is 9.85. The van der Waals surface area contributed by atoms with E-state index in [1.165, 1.54) is 19.2 Å². The zero-order chi connectivity index (χ0) is 14.5. The van der Waals surface area contributed by atoms with Crippen LogP contribution in [-0.2, 0) is 4.79 Å². The Labute approximate surface area is 115 Å². The van der Waals surface area contributed by atoms with E-state index in [9.17, 15) is 9.59 Å². The van der Waals surface area contributed by atoms with Crippen molar-refractivity contribution in [2.24, 2.45) is 0 Å². The molecule has 102 valence electrons. The number of carbonyl (C=O) groups excluding carboxylic acids is 1. The Morgan fingerprint density at radius 2 is 1.90 bits per heavy atom. The largest absolute Gasteiger partial charge is 0.478 e. The molecule has 0 radical (unpaired) electrons. The van der Waals surface area contributed by atoms with Gasteiger partial charge in [-0.15, -0.1) is 0 Å². The summed E-state index contributed by atoms with van der Waals surface area (Å²) in [5, 5.41) is 14.7. The van der Waals surface area contributed by atoms with Crippen molar-refractivity contribution in [3.63, 3.8) is 0 Å². The Kier molecular flexibility index (Phi) is 3.95. The first-order valence-electron chi connectivity index (χ1n) is 5.89. The molecule has 6 heteroatoms. The first-order chi connectivity index (χ1) is 9.56. The highest BCUT2D eigenvalue weighted by Crippen LogP contribution is 2.21. The Balaban J connectivity index is 2.26. The summed E-state index contributed by atoms with van der Waals surface area (Å²) >= 11 is 0. The van der Waals surface area contributed by atoms with Crippen LogP contribution >= 0.6 is 0 Å². The van der Waals surface area contributed by atoms with Gasteiger partial charge in [-0.05, 0) is 30.3 Å². The van der Waals surface area contributed by atoms with E-state index in [4.69, 9.17) is 5.11 Å². The molecule has 0 aliphatic heterocycles. The number of aromatic carboxylic acids is 1. The standard InChI is InChI=1S/C14H13N3O3/c1-9(18)16-10-4-2-5-11(8-10)17-13-12(14(19)20)6-3-7-15-13/h2-8H,1H3,(H,15,17)(H,16,18)(H,19,20). The van der Waals surface area contributed by atoms with Gasteiger partial charge >= 0.3 is 5.97 Å². The molecule has 1 heterocycles. The van der Waals surface area contributed by atoms with Crippen LogP contribution in [0.3, 0.4) is 0 Å². The third kappa shape index (κ3) is 3.32. The van der Waals surface area contributed by atoms with E-state index in [0.29, 0.717) is 11.4 Å². The third-order valence-electron chi connectivity index (χ3n) is 2.48. The number of anilines is 3. The maximum absolute atomic E-state index is 11.1. The van der Waals surface area contributed by atoms with E-state index in [1.807, 2.05) is 0 Å². The van der Waals surface area contributed by atoms with Crippen LogP contribution in [0.25, 0.3) is 0 Å². The molecule has 0 atom stereocenters. The van der Waals surface area contributed by atoms with Crippen LogP contribution in [-0.4, -0.2) is 22.0 Å². The second-order valence-electron chi connectivity index (χ2n) is 4.09. The lowest BCUT2D eigenvalue weighted by Crippen LogP contribution is -2.07. The van der Waals surface area contributed by atoms with E-state index in [2.05, 4.69) is 15.6 Å². The highest BCUT2D eigenvalue weighted by atomic mass is 16.4. The Bertz CT molecular complexity index is 656. The highest BCUT2D eigenvalue weighted by Gasteiger charge is 2.10. The summed E-state index contributed by atoms with van der Waals surface area (Å²) in [7, 11) is 0. The molecule has 1 aromatic carbocycles. The van der Waals surface area contributed by atoms with E-state index >= 15 is 0 Å². The molecule has 1 aromatic heterocycles. The van der Waals surface area contributed by atoms with Crippen molar-refractivity contribution in [1.29, 1.82) is 0 Å². The average molecular weight is 271 g/mol. The fraction of sp³-hybridized carbons (Fsp3) is 0.0714. The number of carboxylic acid groups (broad SMARTS) is 1. The minimum absolute atomic E-state index is 0.0810. The van der Waals surface area contributed by atoms with E-state index in [0.717, 1.165) is 0 Å².